The first-order valence-corrected chi connectivity index (χ1v) is 7.29. The number of hydrogen-bond donors (Lipinski definition) is 2. The van der Waals surface area contributed by atoms with Gasteiger partial charge in [-0.15, -0.1) is 0 Å². The van der Waals surface area contributed by atoms with E-state index in [9.17, 15) is 0 Å². The molecule has 3 N–H and O–H groups in total. The van der Waals surface area contributed by atoms with Crippen LogP contribution in [0.4, 0.5) is 0 Å². The highest BCUT2D eigenvalue weighted by Crippen LogP contribution is 2.27. The van der Waals surface area contributed by atoms with Crippen LogP contribution < -0.4 is 11.1 Å². The minimum absolute atomic E-state index is 0.212. The van der Waals surface area contributed by atoms with Crippen LogP contribution in [-0.4, -0.2) is 12.6 Å². The normalized spacial score (nSPS) is 18.5. The Bertz CT molecular complexity index is 378. The van der Waals surface area contributed by atoms with Gasteiger partial charge in [0, 0.05) is 23.1 Å². The zero-order valence-corrected chi connectivity index (χ0v) is 12.1. The lowest BCUT2D eigenvalue weighted by atomic mass is 10.1. The molecule has 0 saturated heterocycles. The number of benzene rings is 1. The molecule has 0 amide bonds. The summed E-state index contributed by atoms with van der Waals surface area (Å²) in [5.74, 6) is 0. The van der Waals surface area contributed by atoms with E-state index in [1.165, 1.54) is 31.2 Å². The van der Waals surface area contributed by atoms with Gasteiger partial charge in [0.15, 0.2) is 0 Å². The van der Waals surface area contributed by atoms with Gasteiger partial charge in [0.2, 0.25) is 0 Å². The molecular weight excluding hydrogens is 300 g/mol. The average Bonchev–Trinajstić information content (AvgIpc) is 2.82. The van der Waals surface area contributed by atoms with Crippen molar-refractivity contribution >= 4 is 27.5 Å². The molecule has 1 aromatic carbocycles. The number of rotatable bonds is 4. The molecule has 0 bridgehead atoms. The molecule has 0 aliphatic heterocycles. The van der Waals surface area contributed by atoms with Crippen molar-refractivity contribution < 1.29 is 0 Å². The summed E-state index contributed by atoms with van der Waals surface area (Å²) < 4.78 is 0.930. The van der Waals surface area contributed by atoms with Crippen molar-refractivity contribution in [1.82, 2.24) is 5.32 Å². The Morgan fingerprint density at radius 2 is 2.12 bits per heavy atom. The van der Waals surface area contributed by atoms with Gasteiger partial charge in [-0.1, -0.05) is 30.5 Å². The lowest BCUT2D eigenvalue weighted by Gasteiger charge is -2.22. The summed E-state index contributed by atoms with van der Waals surface area (Å²) in [6.45, 7) is 0.606. The van der Waals surface area contributed by atoms with E-state index < -0.39 is 0 Å². The molecular formula is C13H18BrClN2. The summed E-state index contributed by atoms with van der Waals surface area (Å²) in [4.78, 5) is 0. The summed E-state index contributed by atoms with van der Waals surface area (Å²) in [5.41, 5.74) is 7.03. The smallest absolute Gasteiger partial charge is 0.0551 e. The van der Waals surface area contributed by atoms with Gasteiger partial charge >= 0.3 is 0 Å². The fourth-order valence-corrected chi connectivity index (χ4v) is 2.84. The molecule has 1 aromatic rings. The molecule has 1 saturated carbocycles. The third-order valence-corrected chi connectivity index (χ3v) is 4.61. The largest absolute Gasteiger partial charge is 0.329 e. The van der Waals surface area contributed by atoms with Crippen molar-refractivity contribution in [2.75, 3.05) is 6.54 Å². The first-order valence-electron chi connectivity index (χ1n) is 6.12. The minimum atomic E-state index is 0.212. The van der Waals surface area contributed by atoms with Crippen LogP contribution in [0.15, 0.2) is 22.7 Å². The highest BCUT2D eigenvalue weighted by molar-refractivity contribution is 9.10. The Morgan fingerprint density at radius 1 is 1.41 bits per heavy atom. The summed E-state index contributed by atoms with van der Waals surface area (Å²) in [5, 5.41) is 4.37. The number of nitrogens with one attached hydrogen (secondary N) is 1. The van der Waals surface area contributed by atoms with E-state index in [0.717, 1.165) is 9.50 Å². The zero-order valence-electron chi connectivity index (χ0n) is 9.76. The van der Waals surface area contributed by atoms with Crippen molar-refractivity contribution in [2.45, 2.75) is 37.8 Å². The molecule has 17 heavy (non-hydrogen) atoms. The Kier molecular flexibility index (Phi) is 4.86. The second kappa shape index (κ2) is 6.19. The summed E-state index contributed by atoms with van der Waals surface area (Å²) >= 11 is 9.52. The summed E-state index contributed by atoms with van der Waals surface area (Å²) in [6.07, 6.45) is 5.19. The van der Waals surface area contributed by atoms with Gasteiger partial charge in [0.25, 0.3) is 0 Å². The van der Waals surface area contributed by atoms with Gasteiger partial charge in [-0.2, -0.15) is 0 Å². The van der Waals surface area contributed by atoms with Crippen molar-refractivity contribution in [2.24, 2.45) is 5.73 Å². The fourth-order valence-electron chi connectivity index (χ4n) is 2.41. The molecule has 1 unspecified atom stereocenters. The predicted molar refractivity (Wildman–Crippen MR) is 76.3 cm³/mol. The van der Waals surface area contributed by atoms with E-state index in [2.05, 4.69) is 27.3 Å². The van der Waals surface area contributed by atoms with Gasteiger partial charge in [-0.3, -0.25) is 0 Å². The van der Waals surface area contributed by atoms with Crippen molar-refractivity contribution in [1.29, 1.82) is 0 Å². The second-order valence-corrected chi connectivity index (χ2v) is 5.87. The third-order valence-electron chi connectivity index (χ3n) is 3.37. The van der Waals surface area contributed by atoms with E-state index in [0.29, 0.717) is 12.6 Å². The van der Waals surface area contributed by atoms with Crippen LogP contribution in [-0.2, 0) is 0 Å². The van der Waals surface area contributed by atoms with E-state index in [-0.39, 0.29) is 6.04 Å². The van der Waals surface area contributed by atoms with Crippen LogP contribution in [0.25, 0.3) is 0 Å². The molecule has 1 atom stereocenters. The molecule has 2 nitrogen and oxygen atoms in total. The van der Waals surface area contributed by atoms with E-state index in [4.69, 9.17) is 17.3 Å². The average molecular weight is 318 g/mol. The van der Waals surface area contributed by atoms with Crippen LogP contribution in [0.2, 0.25) is 5.02 Å². The van der Waals surface area contributed by atoms with Crippen molar-refractivity contribution in [3.63, 3.8) is 0 Å². The molecule has 94 valence electrons. The number of halogens is 2. The Labute approximate surface area is 116 Å². The zero-order chi connectivity index (χ0) is 12.3. The van der Waals surface area contributed by atoms with E-state index >= 15 is 0 Å². The maximum absolute atomic E-state index is 6.12. The monoisotopic (exact) mass is 316 g/mol. The third kappa shape index (κ3) is 3.44. The lowest BCUT2D eigenvalue weighted by Crippen LogP contribution is -2.35. The Morgan fingerprint density at radius 3 is 2.71 bits per heavy atom. The Balaban J connectivity index is 2.08. The second-order valence-electron chi connectivity index (χ2n) is 4.61. The fraction of sp³-hybridized carbons (Fsp3) is 0.538. The van der Waals surface area contributed by atoms with E-state index in [1.807, 2.05) is 12.1 Å². The number of nitrogens with two attached hydrogens (primary N) is 1. The first-order chi connectivity index (χ1) is 8.20. The predicted octanol–water partition coefficient (Wildman–Crippen LogP) is 3.63. The van der Waals surface area contributed by atoms with Gasteiger partial charge < -0.3 is 11.1 Å². The van der Waals surface area contributed by atoms with Gasteiger partial charge in [-0.25, -0.2) is 0 Å². The molecule has 2 rings (SSSR count). The van der Waals surface area contributed by atoms with Gasteiger partial charge in [0.1, 0.15) is 0 Å². The van der Waals surface area contributed by atoms with Crippen LogP contribution >= 0.6 is 27.5 Å². The highest BCUT2D eigenvalue weighted by Gasteiger charge is 2.19. The molecule has 4 heteroatoms. The van der Waals surface area contributed by atoms with E-state index in [1.54, 1.807) is 0 Å². The molecule has 1 aliphatic carbocycles. The molecule has 0 radical (unpaired) electrons. The molecule has 1 aliphatic rings. The highest BCUT2D eigenvalue weighted by atomic mass is 79.9. The topological polar surface area (TPSA) is 38.0 Å². The molecule has 0 spiro atoms. The van der Waals surface area contributed by atoms with Gasteiger partial charge in [0.05, 0.1) is 5.02 Å². The van der Waals surface area contributed by atoms with Gasteiger partial charge in [-0.05, 0) is 46.5 Å². The first kappa shape index (κ1) is 13.3. The van der Waals surface area contributed by atoms with Crippen LogP contribution in [0.5, 0.6) is 0 Å². The van der Waals surface area contributed by atoms with Crippen molar-refractivity contribution in [3.8, 4) is 0 Å². The molecule has 0 aromatic heterocycles. The van der Waals surface area contributed by atoms with Crippen LogP contribution in [0, 0.1) is 0 Å². The Hall–Kier alpha value is -0.0900. The quantitative estimate of drug-likeness (QED) is 0.890. The van der Waals surface area contributed by atoms with Crippen LogP contribution in [0.3, 0.4) is 0 Å². The maximum atomic E-state index is 6.12. The maximum Gasteiger partial charge on any atom is 0.0551 e. The summed E-state index contributed by atoms with van der Waals surface area (Å²) in [7, 11) is 0. The minimum Gasteiger partial charge on any atom is -0.329 e. The van der Waals surface area contributed by atoms with Crippen LogP contribution in [0.1, 0.15) is 37.3 Å². The molecule has 0 heterocycles. The lowest BCUT2D eigenvalue weighted by molar-refractivity contribution is 0.444. The standard InChI is InChI=1S/C13H18BrClN2/c14-11-6-5-9(7-12(11)15)13(8-16)17-10-3-1-2-4-10/h5-7,10,13,17H,1-4,8,16H2. The SMILES string of the molecule is NCC(NC1CCCC1)c1ccc(Br)c(Cl)c1. The summed E-state index contributed by atoms with van der Waals surface area (Å²) in [6, 6.07) is 6.88. The number of hydrogen-bond acceptors (Lipinski definition) is 2. The molecule has 1 fully saturated rings. The van der Waals surface area contributed by atoms with Crippen molar-refractivity contribution in [3.05, 3.63) is 33.3 Å².